The highest BCUT2D eigenvalue weighted by Gasteiger charge is 2.19. The van der Waals surface area contributed by atoms with Gasteiger partial charge in [-0.15, -0.1) is 0 Å². The summed E-state index contributed by atoms with van der Waals surface area (Å²) in [5.41, 5.74) is 0.740. The number of pyridine rings is 1. The fraction of sp³-hybridized carbons (Fsp3) is 0.538. The lowest BCUT2D eigenvalue weighted by Gasteiger charge is -2.12. The maximum absolute atomic E-state index is 11.6. The second-order valence-electron chi connectivity index (χ2n) is 4.57. The van der Waals surface area contributed by atoms with Gasteiger partial charge in [0.25, 0.3) is 5.56 Å². The highest BCUT2D eigenvalue weighted by atomic mass is 16.5. The summed E-state index contributed by atoms with van der Waals surface area (Å²) in [6.45, 7) is 1.86. The fourth-order valence-electron chi connectivity index (χ4n) is 2.11. The van der Waals surface area contributed by atoms with E-state index in [0.717, 1.165) is 31.2 Å². The second kappa shape index (κ2) is 5.17. The normalized spacial score (nSPS) is 16.1. The Hall–Kier alpha value is -1.58. The van der Waals surface area contributed by atoms with Crippen LogP contribution in [0.1, 0.15) is 31.2 Å². The zero-order chi connectivity index (χ0) is 12.3. The Balaban J connectivity index is 1.95. The first-order valence-electron chi connectivity index (χ1n) is 6.02. The molecule has 1 fully saturated rings. The SMILES string of the molecule is Cc1ccn(CC(=O)OC2CCCC2)c(=O)c1. The molecule has 17 heavy (non-hydrogen) atoms. The molecule has 0 N–H and O–H groups in total. The van der Waals surface area contributed by atoms with Crippen LogP contribution in [0.2, 0.25) is 0 Å². The minimum Gasteiger partial charge on any atom is -0.461 e. The summed E-state index contributed by atoms with van der Waals surface area (Å²) in [5, 5.41) is 0. The molecule has 0 atom stereocenters. The molecule has 4 nitrogen and oxygen atoms in total. The molecule has 0 saturated heterocycles. The Morgan fingerprint density at radius 2 is 2.18 bits per heavy atom. The smallest absolute Gasteiger partial charge is 0.326 e. The number of rotatable bonds is 3. The van der Waals surface area contributed by atoms with Crippen molar-refractivity contribution in [2.75, 3.05) is 0 Å². The quantitative estimate of drug-likeness (QED) is 0.748. The average Bonchev–Trinajstić information content (AvgIpc) is 2.75. The van der Waals surface area contributed by atoms with Crippen LogP contribution in [0.3, 0.4) is 0 Å². The molecule has 0 radical (unpaired) electrons. The van der Waals surface area contributed by atoms with Crippen molar-refractivity contribution in [2.45, 2.75) is 45.3 Å². The second-order valence-corrected chi connectivity index (χ2v) is 4.57. The Bertz CT molecular complexity index is 458. The number of aromatic nitrogens is 1. The number of esters is 1. The first kappa shape index (κ1) is 11.9. The van der Waals surface area contributed by atoms with Crippen LogP contribution in [0.4, 0.5) is 0 Å². The summed E-state index contributed by atoms with van der Waals surface area (Å²) in [6.07, 6.45) is 5.85. The maximum Gasteiger partial charge on any atom is 0.326 e. The number of hydrogen-bond acceptors (Lipinski definition) is 3. The molecular weight excluding hydrogens is 218 g/mol. The topological polar surface area (TPSA) is 48.3 Å². The third-order valence-electron chi connectivity index (χ3n) is 3.05. The number of aryl methyl sites for hydroxylation is 1. The average molecular weight is 235 g/mol. The van der Waals surface area contributed by atoms with Gasteiger partial charge in [0, 0.05) is 12.3 Å². The van der Waals surface area contributed by atoms with E-state index < -0.39 is 0 Å². The predicted molar refractivity (Wildman–Crippen MR) is 63.8 cm³/mol. The molecule has 1 saturated carbocycles. The lowest BCUT2D eigenvalue weighted by atomic mass is 10.3. The molecule has 4 heteroatoms. The van der Waals surface area contributed by atoms with Gasteiger partial charge in [-0.1, -0.05) is 0 Å². The number of nitrogens with zero attached hydrogens (tertiary/aromatic N) is 1. The molecule has 1 aromatic rings. The van der Waals surface area contributed by atoms with Crippen molar-refractivity contribution in [2.24, 2.45) is 0 Å². The van der Waals surface area contributed by atoms with Gasteiger partial charge in [0.2, 0.25) is 0 Å². The molecule has 0 bridgehead atoms. The van der Waals surface area contributed by atoms with Crippen molar-refractivity contribution >= 4 is 5.97 Å². The van der Waals surface area contributed by atoms with Crippen LogP contribution in [-0.2, 0) is 16.1 Å². The number of ether oxygens (including phenoxy) is 1. The summed E-state index contributed by atoms with van der Waals surface area (Å²) in [7, 11) is 0. The lowest BCUT2D eigenvalue weighted by molar-refractivity contribution is -0.149. The standard InChI is InChI=1S/C13H17NO3/c1-10-6-7-14(12(15)8-10)9-13(16)17-11-4-2-3-5-11/h6-8,11H,2-5,9H2,1H3. The zero-order valence-electron chi connectivity index (χ0n) is 10.0. The van der Waals surface area contributed by atoms with Crippen molar-refractivity contribution in [1.82, 2.24) is 4.57 Å². The molecule has 1 aromatic heterocycles. The van der Waals surface area contributed by atoms with E-state index in [2.05, 4.69) is 0 Å². The maximum atomic E-state index is 11.6. The van der Waals surface area contributed by atoms with Gasteiger partial charge in [0.15, 0.2) is 0 Å². The Morgan fingerprint density at radius 3 is 2.82 bits per heavy atom. The van der Waals surface area contributed by atoms with E-state index in [1.807, 2.05) is 13.0 Å². The summed E-state index contributed by atoms with van der Waals surface area (Å²) in [6, 6.07) is 3.33. The van der Waals surface area contributed by atoms with E-state index in [-0.39, 0.29) is 24.2 Å². The third kappa shape index (κ3) is 3.19. The highest BCUT2D eigenvalue weighted by molar-refractivity contribution is 5.69. The van der Waals surface area contributed by atoms with E-state index in [0.29, 0.717) is 0 Å². The highest BCUT2D eigenvalue weighted by Crippen LogP contribution is 2.20. The fourth-order valence-corrected chi connectivity index (χ4v) is 2.11. The monoisotopic (exact) mass is 235 g/mol. The van der Waals surface area contributed by atoms with Gasteiger partial charge in [-0.25, -0.2) is 0 Å². The van der Waals surface area contributed by atoms with Crippen LogP contribution >= 0.6 is 0 Å². The van der Waals surface area contributed by atoms with Crippen LogP contribution in [0.25, 0.3) is 0 Å². The van der Waals surface area contributed by atoms with Gasteiger partial charge in [0.05, 0.1) is 0 Å². The van der Waals surface area contributed by atoms with Gasteiger partial charge in [-0.2, -0.15) is 0 Å². The molecule has 0 aromatic carbocycles. The van der Waals surface area contributed by atoms with E-state index >= 15 is 0 Å². The predicted octanol–water partition coefficient (Wildman–Crippen LogP) is 1.64. The van der Waals surface area contributed by atoms with Crippen molar-refractivity contribution < 1.29 is 9.53 Å². The van der Waals surface area contributed by atoms with E-state index in [4.69, 9.17) is 4.74 Å². The van der Waals surface area contributed by atoms with Crippen LogP contribution in [0, 0.1) is 6.92 Å². The molecule has 1 aliphatic carbocycles. The van der Waals surface area contributed by atoms with E-state index in [1.165, 1.54) is 10.6 Å². The lowest BCUT2D eigenvalue weighted by Crippen LogP contribution is -2.26. The minimum absolute atomic E-state index is 0.00954. The van der Waals surface area contributed by atoms with Crippen LogP contribution < -0.4 is 5.56 Å². The number of hydrogen-bond donors (Lipinski definition) is 0. The molecule has 0 aliphatic heterocycles. The zero-order valence-corrected chi connectivity index (χ0v) is 10.0. The van der Waals surface area contributed by atoms with Crippen molar-refractivity contribution in [3.8, 4) is 0 Å². The Morgan fingerprint density at radius 1 is 1.47 bits per heavy atom. The van der Waals surface area contributed by atoms with Gasteiger partial charge in [-0.3, -0.25) is 9.59 Å². The summed E-state index contributed by atoms with van der Waals surface area (Å²) in [5.74, 6) is -0.317. The van der Waals surface area contributed by atoms with Gasteiger partial charge >= 0.3 is 5.97 Å². The first-order chi connectivity index (χ1) is 8.15. The van der Waals surface area contributed by atoms with E-state index in [1.54, 1.807) is 6.20 Å². The largest absolute Gasteiger partial charge is 0.461 e. The van der Waals surface area contributed by atoms with Crippen molar-refractivity contribution in [3.05, 3.63) is 34.2 Å². The molecule has 1 heterocycles. The van der Waals surface area contributed by atoms with Gasteiger partial charge < -0.3 is 9.30 Å². The van der Waals surface area contributed by atoms with Crippen LogP contribution in [-0.4, -0.2) is 16.6 Å². The molecule has 1 aliphatic rings. The molecule has 2 rings (SSSR count). The number of carbonyl (C=O) groups excluding carboxylic acids is 1. The summed E-state index contributed by atoms with van der Waals surface area (Å²) in [4.78, 5) is 23.2. The number of carbonyl (C=O) groups is 1. The van der Waals surface area contributed by atoms with Gasteiger partial charge in [-0.05, 0) is 44.2 Å². The minimum atomic E-state index is -0.317. The summed E-state index contributed by atoms with van der Waals surface area (Å²) >= 11 is 0. The molecule has 0 spiro atoms. The molecule has 0 amide bonds. The summed E-state index contributed by atoms with van der Waals surface area (Å²) < 4.78 is 6.68. The Kier molecular flexibility index (Phi) is 3.61. The van der Waals surface area contributed by atoms with Crippen molar-refractivity contribution in [1.29, 1.82) is 0 Å². The third-order valence-corrected chi connectivity index (χ3v) is 3.05. The molecular formula is C13H17NO3. The Labute approximate surface area is 100 Å². The van der Waals surface area contributed by atoms with E-state index in [9.17, 15) is 9.59 Å². The molecule has 0 unspecified atom stereocenters. The first-order valence-corrected chi connectivity index (χ1v) is 6.02. The van der Waals surface area contributed by atoms with Crippen LogP contribution in [0.5, 0.6) is 0 Å². The van der Waals surface area contributed by atoms with Crippen LogP contribution in [0.15, 0.2) is 23.1 Å². The molecule has 92 valence electrons. The van der Waals surface area contributed by atoms with Gasteiger partial charge in [0.1, 0.15) is 12.6 Å². The van der Waals surface area contributed by atoms with Crippen molar-refractivity contribution in [3.63, 3.8) is 0 Å².